The molecule has 2 saturated heterocycles. The summed E-state index contributed by atoms with van der Waals surface area (Å²) in [5, 5.41) is 3.29. The first-order chi connectivity index (χ1) is 7.97. The molecule has 0 aliphatic carbocycles. The van der Waals surface area contributed by atoms with E-state index in [2.05, 4.69) is 5.32 Å². The first-order valence-corrected chi connectivity index (χ1v) is 6.29. The molecule has 1 N–H and O–H groups in total. The molecule has 0 saturated carbocycles. The molecule has 5 heteroatoms. The van der Waals surface area contributed by atoms with Gasteiger partial charge in [-0.15, -0.1) is 0 Å². The van der Waals surface area contributed by atoms with Gasteiger partial charge >= 0.3 is 6.09 Å². The number of nitrogens with one attached hydrogen (secondary N) is 1. The Bertz CT molecular complexity index is 286. The van der Waals surface area contributed by atoms with Crippen LogP contribution in [0.15, 0.2) is 0 Å². The van der Waals surface area contributed by atoms with Crippen LogP contribution in [0.5, 0.6) is 0 Å². The van der Waals surface area contributed by atoms with Crippen molar-refractivity contribution < 1.29 is 14.3 Å². The fraction of sp³-hybridized carbons (Fsp3) is 0.917. The van der Waals surface area contributed by atoms with E-state index < -0.39 is 5.60 Å². The van der Waals surface area contributed by atoms with Crippen molar-refractivity contribution in [3.05, 3.63) is 0 Å². The fourth-order valence-electron chi connectivity index (χ4n) is 2.36. The van der Waals surface area contributed by atoms with Crippen LogP contribution in [0.25, 0.3) is 0 Å². The molecule has 2 aliphatic rings. The Balaban J connectivity index is 2.01. The summed E-state index contributed by atoms with van der Waals surface area (Å²) in [4.78, 5) is 13.9. The molecule has 2 rings (SSSR count). The normalized spacial score (nSPS) is 29.7. The van der Waals surface area contributed by atoms with Crippen LogP contribution in [0.2, 0.25) is 0 Å². The van der Waals surface area contributed by atoms with Gasteiger partial charge in [-0.05, 0) is 33.7 Å². The van der Waals surface area contributed by atoms with Gasteiger partial charge in [-0.3, -0.25) is 0 Å². The molecule has 0 aromatic carbocycles. The third-order valence-electron chi connectivity index (χ3n) is 3.08. The zero-order valence-electron chi connectivity index (χ0n) is 10.9. The van der Waals surface area contributed by atoms with Crippen LogP contribution in [-0.4, -0.2) is 55.0 Å². The molecule has 0 aromatic rings. The Morgan fingerprint density at radius 3 is 2.94 bits per heavy atom. The summed E-state index contributed by atoms with van der Waals surface area (Å²) in [6.07, 6.45) is 0.840. The maximum Gasteiger partial charge on any atom is 0.410 e. The Kier molecular flexibility index (Phi) is 3.58. The predicted octanol–water partition coefficient (Wildman–Crippen LogP) is 0.984. The highest BCUT2D eigenvalue weighted by Gasteiger charge is 2.38. The topological polar surface area (TPSA) is 50.8 Å². The standard InChI is InChI=1S/C12H22N2O3/c1-12(2,3)17-11(15)14-6-7-16-10-8-13-5-4-9(10)14/h9-10,13H,4-8H2,1-3H3. The molecule has 2 fully saturated rings. The number of nitrogens with zero attached hydrogens (tertiary/aromatic N) is 1. The SMILES string of the molecule is CC(C)(C)OC(=O)N1CCOC2CNCCC21. The van der Waals surface area contributed by atoms with Gasteiger partial charge in [-0.1, -0.05) is 0 Å². The largest absolute Gasteiger partial charge is 0.444 e. The molecule has 2 unspecified atom stereocenters. The number of fused-ring (bicyclic) bond motifs is 1. The monoisotopic (exact) mass is 242 g/mol. The zero-order valence-corrected chi connectivity index (χ0v) is 10.9. The van der Waals surface area contributed by atoms with E-state index in [1.54, 1.807) is 0 Å². The second-order valence-electron chi connectivity index (χ2n) is 5.64. The summed E-state index contributed by atoms with van der Waals surface area (Å²) in [7, 11) is 0. The van der Waals surface area contributed by atoms with Gasteiger partial charge in [0.1, 0.15) is 5.60 Å². The number of piperidine rings is 1. The number of hydrogen-bond donors (Lipinski definition) is 1. The lowest BCUT2D eigenvalue weighted by Crippen LogP contribution is -2.60. The predicted molar refractivity (Wildman–Crippen MR) is 64.0 cm³/mol. The van der Waals surface area contributed by atoms with Crippen LogP contribution >= 0.6 is 0 Å². The smallest absolute Gasteiger partial charge is 0.410 e. The minimum absolute atomic E-state index is 0.116. The van der Waals surface area contributed by atoms with E-state index in [0.29, 0.717) is 13.2 Å². The molecule has 98 valence electrons. The molecular weight excluding hydrogens is 220 g/mol. The van der Waals surface area contributed by atoms with Gasteiger partial charge in [-0.2, -0.15) is 0 Å². The number of carbonyl (C=O) groups is 1. The minimum Gasteiger partial charge on any atom is -0.444 e. The van der Waals surface area contributed by atoms with Crippen LogP contribution < -0.4 is 5.32 Å². The number of amides is 1. The highest BCUT2D eigenvalue weighted by molar-refractivity contribution is 5.68. The summed E-state index contributed by atoms with van der Waals surface area (Å²) >= 11 is 0. The molecule has 0 spiro atoms. The van der Waals surface area contributed by atoms with E-state index in [1.165, 1.54) is 0 Å². The van der Waals surface area contributed by atoms with E-state index in [-0.39, 0.29) is 18.2 Å². The average molecular weight is 242 g/mol. The zero-order chi connectivity index (χ0) is 12.5. The van der Waals surface area contributed by atoms with E-state index in [9.17, 15) is 4.79 Å². The van der Waals surface area contributed by atoms with Crippen LogP contribution in [0.1, 0.15) is 27.2 Å². The van der Waals surface area contributed by atoms with Gasteiger partial charge in [0.15, 0.2) is 0 Å². The lowest BCUT2D eigenvalue weighted by atomic mass is 10.0. The summed E-state index contributed by atoms with van der Waals surface area (Å²) in [5.74, 6) is 0. The van der Waals surface area contributed by atoms with Crippen molar-refractivity contribution in [3.63, 3.8) is 0 Å². The molecule has 0 bridgehead atoms. The van der Waals surface area contributed by atoms with Crippen molar-refractivity contribution in [2.75, 3.05) is 26.2 Å². The van der Waals surface area contributed by atoms with E-state index in [4.69, 9.17) is 9.47 Å². The summed E-state index contributed by atoms with van der Waals surface area (Å²) in [6.45, 7) is 8.67. The third kappa shape index (κ3) is 3.10. The lowest BCUT2D eigenvalue weighted by molar-refractivity contribution is -0.0839. The molecule has 5 nitrogen and oxygen atoms in total. The molecule has 0 radical (unpaired) electrons. The molecule has 2 aliphatic heterocycles. The number of carbonyl (C=O) groups excluding carboxylic acids is 1. The van der Waals surface area contributed by atoms with Gasteiger partial charge in [-0.25, -0.2) is 4.79 Å². The number of hydrogen-bond acceptors (Lipinski definition) is 4. The van der Waals surface area contributed by atoms with Crippen molar-refractivity contribution in [1.29, 1.82) is 0 Å². The van der Waals surface area contributed by atoms with Crippen molar-refractivity contribution in [2.45, 2.75) is 44.9 Å². The van der Waals surface area contributed by atoms with E-state index >= 15 is 0 Å². The maximum absolute atomic E-state index is 12.1. The molecule has 2 heterocycles. The van der Waals surface area contributed by atoms with Gasteiger partial charge < -0.3 is 19.7 Å². The first-order valence-electron chi connectivity index (χ1n) is 6.29. The number of rotatable bonds is 0. The quantitative estimate of drug-likeness (QED) is 0.688. The van der Waals surface area contributed by atoms with E-state index in [0.717, 1.165) is 19.5 Å². The second kappa shape index (κ2) is 4.82. The van der Waals surface area contributed by atoms with Crippen molar-refractivity contribution >= 4 is 6.09 Å². The van der Waals surface area contributed by atoms with Crippen LogP contribution in [0.3, 0.4) is 0 Å². The second-order valence-corrected chi connectivity index (χ2v) is 5.64. The minimum atomic E-state index is -0.433. The summed E-state index contributed by atoms with van der Waals surface area (Å²) in [6, 6.07) is 0.167. The Morgan fingerprint density at radius 2 is 2.24 bits per heavy atom. The molecule has 0 aromatic heterocycles. The van der Waals surface area contributed by atoms with Gasteiger partial charge in [0.05, 0.1) is 18.8 Å². The fourth-order valence-corrected chi connectivity index (χ4v) is 2.36. The summed E-state index contributed by atoms with van der Waals surface area (Å²) < 4.78 is 11.1. The van der Waals surface area contributed by atoms with Crippen LogP contribution in [0.4, 0.5) is 4.79 Å². The van der Waals surface area contributed by atoms with Crippen LogP contribution in [-0.2, 0) is 9.47 Å². The van der Waals surface area contributed by atoms with E-state index in [1.807, 2.05) is 25.7 Å². The van der Waals surface area contributed by atoms with Gasteiger partial charge in [0.2, 0.25) is 0 Å². The Morgan fingerprint density at radius 1 is 1.47 bits per heavy atom. The third-order valence-corrected chi connectivity index (χ3v) is 3.08. The number of morpholine rings is 1. The Hall–Kier alpha value is -0.810. The van der Waals surface area contributed by atoms with Crippen molar-refractivity contribution in [3.8, 4) is 0 Å². The van der Waals surface area contributed by atoms with Crippen LogP contribution in [0, 0.1) is 0 Å². The lowest BCUT2D eigenvalue weighted by Gasteiger charge is -2.43. The highest BCUT2D eigenvalue weighted by Crippen LogP contribution is 2.22. The Labute approximate surface area is 102 Å². The molecule has 17 heavy (non-hydrogen) atoms. The average Bonchev–Trinajstić information content (AvgIpc) is 2.26. The van der Waals surface area contributed by atoms with Crippen molar-refractivity contribution in [2.24, 2.45) is 0 Å². The molecular formula is C12H22N2O3. The number of ether oxygens (including phenoxy) is 2. The van der Waals surface area contributed by atoms with Crippen molar-refractivity contribution in [1.82, 2.24) is 10.2 Å². The van der Waals surface area contributed by atoms with Gasteiger partial charge in [0, 0.05) is 13.1 Å². The maximum atomic E-state index is 12.1. The first kappa shape index (κ1) is 12.6. The summed E-state index contributed by atoms with van der Waals surface area (Å²) in [5.41, 5.74) is -0.433. The molecule has 1 amide bonds. The molecule has 2 atom stereocenters. The van der Waals surface area contributed by atoms with Gasteiger partial charge in [0.25, 0.3) is 0 Å². The highest BCUT2D eigenvalue weighted by atomic mass is 16.6.